The van der Waals surface area contributed by atoms with Crippen LogP contribution in [0.3, 0.4) is 0 Å². The van der Waals surface area contributed by atoms with Crippen LogP contribution in [0.1, 0.15) is 52.4 Å². The second-order valence-corrected chi connectivity index (χ2v) is 7.75. The van der Waals surface area contributed by atoms with E-state index in [0.29, 0.717) is 12.6 Å². The Labute approximate surface area is 139 Å². The lowest BCUT2D eigenvalue weighted by molar-refractivity contribution is -0.136. The number of carbonyl (C=O) groups excluding carboxylic acids is 2. The van der Waals surface area contributed by atoms with Gasteiger partial charge in [0.05, 0.1) is 5.92 Å². The van der Waals surface area contributed by atoms with Crippen molar-refractivity contribution < 1.29 is 9.59 Å². The van der Waals surface area contributed by atoms with Crippen LogP contribution in [0.5, 0.6) is 0 Å². The second kappa shape index (κ2) is 7.20. The van der Waals surface area contributed by atoms with Crippen molar-refractivity contribution in [3.63, 3.8) is 0 Å². The first-order valence-corrected chi connectivity index (χ1v) is 9.38. The minimum Gasteiger partial charge on any atom is -0.355 e. The summed E-state index contributed by atoms with van der Waals surface area (Å²) in [5, 5.41) is 3.11. The van der Waals surface area contributed by atoms with Crippen molar-refractivity contribution in [2.75, 3.05) is 26.2 Å². The molecule has 0 spiro atoms. The van der Waals surface area contributed by atoms with Crippen molar-refractivity contribution in [2.24, 2.45) is 11.8 Å². The molecular weight excluding hydrogens is 290 g/mol. The first-order chi connectivity index (χ1) is 11.1. The Hall–Kier alpha value is -1.10. The Balaban J connectivity index is 1.41. The molecule has 5 heteroatoms. The minimum atomic E-state index is -0.0140. The molecule has 0 aromatic carbocycles. The zero-order chi connectivity index (χ0) is 16.4. The van der Waals surface area contributed by atoms with Crippen molar-refractivity contribution >= 4 is 11.8 Å². The summed E-state index contributed by atoms with van der Waals surface area (Å²) in [6.45, 7) is 7.57. The molecule has 5 nitrogen and oxygen atoms in total. The van der Waals surface area contributed by atoms with Gasteiger partial charge in [0.1, 0.15) is 0 Å². The molecule has 1 atom stereocenters. The fourth-order valence-corrected chi connectivity index (χ4v) is 3.70. The normalized spacial score (nSPS) is 25.0. The lowest BCUT2D eigenvalue weighted by Gasteiger charge is -2.32. The average molecular weight is 321 g/mol. The van der Waals surface area contributed by atoms with E-state index in [0.717, 1.165) is 51.4 Å². The number of likely N-dealkylation sites (tertiary alicyclic amines) is 1. The Bertz CT molecular complexity index is 442. The molecule has 0 aromatic heterocycles. The molecule has 23 heavy (non-hydrogen) atoms. The highest BCUT2D eigenvalue weighted by molar-refractivity contribution is 5.83. The highest BCUT2D eigenvalue weighted by atomic mass is 16.2. The van der Waals surface area contributed by atoms with Crippen LogP contribution in [0.25, 0.3) is 0 Å². The van der Waals surface area contributed by atoms with E-state index in [1.807, 2.05) is 4.90 Å². The molecule has 130 valence electrons. The molecule has 3 fully saturated rings. The van der Waals surface area contributed by atoms with Crippen LogP contribution >= 0.6 is 0 Å². The van der Waals surface area contributed by atoms with Gasteiger partial charge >= 0.3 is 0 Å². The average Bonchev–Trinajstić information content (AvgIpc) is 3.42. The van der Waals surface area contributed by atoms with Crippen molar-refractivity contribution in [2.45, 2.75) is 64.5 Å². The maximum atomic E-state index is 12.4. The fourth-order valence-electron chi connectivity index (χ4n) is 3.70. The lowest BCUT2D eigenvalue weighted by atomic mass is 9.96. The van der Waals surface area contributed by atoms with Crippen LogP contribution < -0.4 is 5.32 Å². The molecule has 1 N–H and O–H groups in total. The number of amides is 2. The van der Waals surface area contributed by atoms with Gasteiger partial charge in [0.25, 0.3) is 0 Å². The van der Waals surface area contributed by atoms with Gasteiger partial charge in [-0.25, -0.2) is 0 Å². The van der Waals surface area contributed by atoms with Crippen molar-refractivity contribution in [1.82, 2.24) is 15.1 Å². The highest BCUT2D eigenvalue weighted by Gasteiger charge is 2.36. The standard InChI is InChI=1S/C18H31N3O2/c1-13(2)21(16-7-8-16)11-9-19-17(22)15-4-3-10-20(12-15)18(23)14-5-6-14/h13-16H,3-12H2,1-2H3,(H,19,22)/t15-/m0/s1. The number of hydrogen-bond donors (Lipinski definition) is 1. The number of carbonyl (C=O) groups is 2. The quantitative estimate of drug-likeness (QED) is 0.775. The van der Waals surface area contributed by atoms with Crippen molar-refractivity contribution in [1.29, 1.82) is 0 Å². The third-order valence-corrected chi connectivity index (χ3v) is 5.38. The summed E-state index contributed by atoms with van der Waals surface area (Å²) in [5.74, 6) is 0.662. The van der Waals surface area contributed by atoms with Gasteiger partial charge in [0, 0.05) is 44.2 Å². The smallest absolute Gasteiger partial charge is 0.225 e. The first kappa shape index (κ1) is 16.7. The molecular formula is C18H31N3O2. The van der Waals surface area contributed by atoms with Gasteiger partial charge in [-0.1, -0.05) is 0 Å². The molecule has 0 bridgehead atoms. The Morgan fingerprint density at radius 2 is 1.87 bits per heavy atom. The summed E-state index contributed by atoms with van der Waals surface area (Å²) in [4.78, 5) is 29.0. The number of hydrogen-bond acceptors (Lipinski definition) is 3. The molecule has 0 aromatic rings. The molecule has 3 rings (SSSR count). The number of nitrogens with one attached hydrogen (secondary N) is 1. The fraction of sp³-hybridized carbons (Fsp3) is 0.889. The third-order valence-electron chi connectivity index (χ3n) is 5.38. The van der Waals surface area contributed by atoms with Gasteiger partial charge in [0.2, 0.25) is 11.8 Å². The summed E-state index contributed by atoms with van der Waals surface area (Å²) >= 11 is 0. The SMILES string of the molecule is CC(C)N(CCNC(=O)[C@H]1CCCN(C(=O)C2CC2)C1)C1CC1. The zero-order valence-corrected chi connectivity index (χ0v) is 14.6. The van der Waals surface area contributed by atoms with Gasteiger partial charge in [-0.3, -0.25) is 14.5 Å². The number of nitrogens with zero attached hydrogens (tertiary/aromatic N) is 2. The monoisotopic (exact) mass is 321 g/mol. The maximum Gasteiger partial charge on any atom is 0.225 e. The van der Waals surface area contributed by atoms with Crippen LogP contribution in [0.15, 0.2) is 0 Å². The van der Waals surface area contributed by atoms with E-state index < -0.39 is 0 Å². The van der Waals surface area contributed by atoms with Crippen LogP contribution in [0.2, 0.25) is 0 Å². The Morgan fingerprint density at radius 1 is 1.13 bits per heavy atom. The summed E-state index contributed by atoms with van der Waals surface area (Å²) in [7, 11) is 0. The van der Waals surface area contributed by atoms with E-state index in [2.05, 4.69) is 24.1 Å². The van der Waals surface area contributed by atoms with E-state index in [1.165, 1.54) is 12.8 Å². The zero-order valence-electron chi connectivity index (χ0n) is 14.6. The predicted octanol–water partition coefficient (Wildman–Crippen LogP) is 1.62. The van der Waals surface area contributed by atoms with Crippen LogP contribution in [0, 0.1) is 11.8 Å². The van der Waals surface area contributed by atoms with Gasteiger partial charge in [-0.15, -0.1) is 0 Å². The maximum absolute atomic E-state index is 12.4. The van der Waals surface area contributed by atoms with Crippen molar-refractivity contribution in [3.05, 3.63) is 0 Å². The predicted molar refractivity (Wildman–Crippen MR) is 89.9 cm³/mol. The summed E-state index contributed by atoms with van der Waals surface area (Å²) in [6, 6.07) is 1.27. The lowest BCUT2D eigenvalue weighted by Crippen LogP contribution is -2.47. The molecule has 1 heterocycles. The van der Waals surface area contributed by atoms with Crippen LogP contribution in [0.4, 0.5) is 0 Å². The molecule has 3 aliphatic rings. The topological polar surface area (TPSA) is 52.7 Å². The van der Waals surface area contributed by atoms with E-state index in [-0.39, 0.29) is 23.7 Å². The highest BCUT2D eigenvalue weighted by Crippen LogP contribution is 2.32. The molecule has 2 amide bonds. The van der Waals surface area contributed by atoms with E-state index in [9.17, 15) is 9.59 Å². The van der Waals surface area contributed by atoms with E-state index in [1.54, 1.807) is 0 Å². The number of piperidine rings is 1. The Kier molecular flexibility index (Phi) is 5.24. The van der Waals surface area contributed by atoms with Crippen LogP contribution in [-0.4, -0.2) is 59.9 Å². The third kappa shape index (κ3) is 4.46. The van der Waals surface area contributed by atoms with Gasteiger partial charge in [-0.05, 0) is 52.4 Å². The van der Waals surface area contributed by atoms with E-state index >= 15 is 0 Å². The van der Waals surface area contributed by atoms with Gasteiger partial charge in [-0.2, -0.15) is 0 Å². The summed E-state index contributed by atoms with van der Waals surface area (Å²) in [6.07, 6.45) is 6.55. The van der Waals surface area contributed by atoms with E-state index in [4.69, 9.17) is 0 Å². The summed E-state index contributed by atoms with van der Waals surface area (Å²) in [5.41, 5.74) is 0. The molecule has 1 aliphatic heterocycles. The number of rotatable bonds is 7. The van der Waals surface area contributed by atoms with Crippen LogP contribution in [-0.2, 0) is 9.59 Å². The molecule has 2 saturated carbocycles. The van der Waals surface area contributed by atoms with Crippen molar-refractivity contribution in [3.8, 4) is 0 Å². The largest absolute Gasteiger partial charge is 0.355 e. The molecule has 0 unspecified atom stereocenters. The molecule has 2 aliphatic carbocycles. The molecule has 1 saturated heterocycles. The van der Waals surface area contributed by atoms with Gasteiger partial charge in [0.15, 0.2) is 0 Å². The Morgan fingerprint density at radius 3 is 2.48 bits per heavy atom. The first-order valence-electron chi connectivity index (χ1n) is 9.38. The minimum absolute atomic E-state index is 0.0140. The second-order valence-electron chi connectivity index (χ2n) is 7.75. The van der Waals surface area contributed by atoms with Gasteiger partial charge < -0.3 is 10.2 Å². The molecule has 0 radical (unpaired) electrons. The summed E-state index contributed by atoms with van der Waals surface area (Å²) < 4.78 is 0.